The number of halogens is 1. The van der Waals surface area contributed by atoms with Crippen LogP contribution in [0.3, 0.4) is 0 Å². The van der Waals surface area contributed by atoms with Crippen molar-refractivity contribution in [3.63, 3.8) is 0 Å². The second kappa shape index (κ2) is 7.63. The number of anilines is 1. The molecular weight excluding hydrogens is 291 g/mol. The first kappa shape index (κ1) is 16.7. The Morgan fingerprint density at radius 1 is 1.17 bits per heavy atom. The van der Waals surface area contributed by atoms with E-state index in [9.17, 15) is 9.50 Å². The minimum absolute atomic E-state index is 0.154. The third kappa shape index (κ3) is 4.24. The van der Waals surface area contributed by atoms with Gasteiger partial charge in [-0.25, -0.2) is 4.39 Å². The molecule has 0 bridgehead atoms. The second-order valence-corrected chi connectivity index (χ2v) is 7.27. The average molecular weight is 320 g/mol. The fourth-order valence-electron chi connectivity index (χ4n) is 4.20. The van der Waals surface area contributed by atoms with E-state index in [0.29, 0.717) is 24.6 Å². The zero-order chi connectivity index (χ0) is 16.2. The van der Waals surface area contributed by atoms with E-state index >= 15 is 0 Å². The molecule has 0 radical (unpaired) electrons. The topological polar surface area (TPSA) is 35.5 Å². The molecule has 1 aliphatic heterocycles. The molecule has 1 aromatic rings. The predicted molar refractivity (Wildman–Crippen MR) is 92.3 cm³/mol. The van der Waals surface area contributed by atoms with E-state index in [1.54, 1.807) is 12.1 Å². The van der Waals surface area contributed by atoms with E-state index in [1.807, 2.05) is 13.0 Å². The Bertz CT molecular complexity index is 514. The van der Waals surface area contributed by atoms with Crippen LogP contribution in [0.15, 0.2) is 18.2 Å². The van der Waals surface area contributed by atoms with Gasteiger partial charge in [-0.05, 0) is 68.7 Å². The van der Waals surface area contributed by atoms with Gasteiger partial charge in [-0.2, -0.15) is 0 Å². The van der Waals surface area contributed by atoms with Crippen LogP contribution in [-0.4, -0.2) is 36.9 Å². The lowest BCUT2D eigenvalue weighted by molar-refractivity contribution is 0.164. The van der Waals surface area contributed by atoms with Crippen molar-refractivity contribution < 1.29 is 9.50 Å². The normalized spacial score (nSPS) is 26.5. The van der Waals surface area contributed by atoms with Gasteiger partial charge in [-0.15, -0.1) is 0 Å². The van der Waals surface area contributed by atoms with Gasteiger partial charge in [-0.3, -0.25) is 0 Å². The Morgan fingerprint density at radius 3 is 2.65 bits per heavy atom. The van der Waals surface area contributed by atoms with E-state index in [1.165, 1.54) is 24.9 Å². The summed E-state index contributed by atoms with van der Waals surface area (Å²) in [5, 5.41) is 13.2. The van der Waals surface area contributed by atoms with Crippen LogP contribution in [0.4, 0.5) is 10.1 Å². The molecule has 2 aliphatic rings. The van der Waals surface area contributed by atoms with Crippen molar-refractivity contribution in [1.82, 2.24) is 5.32 Å². The maximum Gasteiger partial charge on any atom is 0.123 e. The Kier molecular flexibility index (Phi) is 5.54. The highest BCUT2D eigenvalue weighted by molar-refractivity contribution is 5.53. The number of nitrogens with one attached hydrogen (secondary N) is 1. The van der Waals surface area contributed by atoms with E-state index < -0.39 is 0 Å². The van der Waals surface area contributed by atoms with Gasteiger partial charge in [0.2, 0.25) is 0 Å². The van der Waals surface area contributed by atoms with Crippen molar-refractivity contribution in [3.8, 4) is 0 Å². The molecule has 1 heterocycles. The highest BCUT2D eigenvalue weighted by Gasteiger charge is 2.26. The zero-order valence-electron chi connectivity index (χ0n) is 14.1. The van der Waals surface area contributed by atoms with Crippen molar-refractivity contribution in [2.75, 3.05) is 24.6 Å². The van der Waals surface area contributed by atoms with Gasteiger partial charge in [0.25, 0.3) is 0 Å². The molecule has 3 rings (SSSR count). The third-order valence-electron chi connectivity index (χ3n) is 5.51. The second-order valence-electron chi connectivity index (χ2n) is 7.27. The molecule has 2 atom stereocenters. The molecule has 128 valence electrons. The summed E-state index contributed by atoms with van der Waals surface area (Å²) in [7, 11) is 0. The molecule has 0 unspecified atom stereocenters. The van der Waals surface area contributed by atoms with Crippen LogP contribution in [0.5, 0.6) is 0 Å². The van der Waals surface area contributed by atoms with Crippen LogP contribution in [0.25, 0.3) is 0 Å². The summed E-state index contributed by atoms with van der Waals surface area (Å²) in [6.45, 7) is 4.38. The van der Waals surface area contributed by atoms with Gasteiger partial charge in [-0.1, -0.05) is 6.42 Å². The molecule has 0 amide bonds. The lowest BCUT2D eigenvalue weighted by Gasteiger charge is -2.38. The van der Waals surface area contributed by atoms with E-state index in [4.69, 9.17) is 0 Å². The molecular formula is C19H29FN2O. The van der Waals surface area contributed by atoms with Gasteiger partial charge in [0, 0.05) is 37.5 Å². The molecule has 1 aromatic carbocycles. The van der Waals surface area contributed by atoms with Crippen LogP contribution >= 0.6 is 0 Å². The lowest BCUT2D eigenvalue weighted by atomic mass is 9.85. The molecule has 0 spiro atoms. The quantitative estimate of drug-likeness (QED) is 0.894. The van der Waals surface area contributed by atoms with Gasteiger partial charge in [0.05, 0.1) is 0 Å². The fourth-order valence-corrected chi connectivity index (χ4v) is 4.20. The molecule has 1 aliphatic carbocycles. The van der Waals surface area contributed by atoms with Crippen LogP contribution in [0, 0.1) is 18.7 Å². The van der Waals surface area contributed by atoms with Crippen LogP contribution in [-0.2, 0) is 0 Å². The van der Waals surface area contributed by atoms with E-state index in [-0.39, 0.29) is 5.82 Å². The highest BCUT2D eigenvalue weighted by atomic mass is 19.1. The van der Waals surface area contributed by atoms with Crippen molar-refractivity contribution in [2.45, 2.75) is 57.5 Å². The number of aliphatic hydroxyl groups is 1. The molecule has 23 heavy (non-hydrogen) atoms. The SMILES string of the molecule is Cc1cc(F)ccc1N1CCC(N[C@H]2CCC[C@@H](CO)C2)CC1. The van der Waals surface area contributed by atoms with Gasteiger partial charge in [0.1, 0.15) is 5.82 Å². The first-order valence-corrected chi connectivity index (χ1v) is 9.03. The summed E-state index contributed by atoms with van der Waals surface area (Å²) in [4.78, 5) is 2.38. The maximum absolute atomic E-state index is 13.3. The third-order valence-corrected chi connectivity index (χ3v) is 5.51. The first-order valence-electron chi connectivity index (χ1n) is 9.03. The maximum atomic E-state index is 13.3. The highest BCUT2D eigenvalue weighted by Crippen LogP contribution is 2.27. The lowest BCUT2D eigenvalue weighted by Crippen LogP contribution is -2.47. The molecule has 2 fully saturated rings. The van der Waals surface area contributed by atoms with Gasteiger partial charge >= 0.3 is 0 Å². The van der Waals surface area contributed by atoms with E-state index in [2.05, 4.69) is 10.2 Å². The number of hydrogen-bond acceptors (Lipinski definition) is 3. The standard InChI is InChI=1S/C19H29FN2O/c1-14-11-16(20)5-6-19(14)22-9-7-17(8-10-22)21-18-4-2-3-15(12-18)13-23/h5-6,11,15,17-18,21,23H,2-4,7-10,12-13H2,1H3/t15-,18+/m1/s1. The molecule has 2 N–H and O–H groups in total. The molecule has 3 nitrogen and oxygen atoms in total. The Labute approximate surface area is 138 Å². The molecule has 0 aromatic heterocycles. The van der Waals surface area contributed by atoms with Gasteiger partial charge < -0.3 is 15.3 Å². The molecule has 4 heteroatoms. The Morgan fingerprint density at radius 2 is 1.96 bits per heavy atom. The number of piperidine rings is 1. The van der Waals surface area contributed by atoms with Crippen LogP contribution < -0.4 is 10.2 Å². The van der Waals surface area contributed by atoms with Crippen molar-refractivity contribution in [1.29, 1.82) is 0 Å². The summed E-state index contributed by atoms with van der Waals surface area (Å²) in [5.41, 5.74) is 2.19. The summed E-state index contributed by atoms with van der Waals surface area (Å²) in [5.74, 6) is 0.335. The smallest absolute Gasteiger partial charge is 0.123 e. The predicted octanol–water partition coefficient (Wildman–Crippen LogP) is 3.24. The van der Waals surface area contributed by atoms with Crippen LogP contribution in [0.1, 0.15) is 44.1 Å². The van der Waals surface area contributed by atoms with Crippen molar-refractivity contribution in [3.05, 3.63) is 29.6 Å². The van der Waals surface area contributed by atoms with Gasteiger partial charge in [0.15, 0.2) is 0 Å². The van der Waals surface area contributed by atoms with Crippen molar-refractivity contribution in [2.24, 2.45) is 5.92 Å². The number of rotatable bonds is 4. The Hall–Kier alpha value is -1.13. The monoisotopic (exact) mass is 320 g/mol. The van der Waals surface area contributed by atoms with Crippen LogP contribution in [0.2, 0.25) is 0 Å². The summed E-state index contributed by atoms with van der Waals surface area (Å²) in [6, 6.07) is 6.24. The minimum Gasteiger partial charge on any atom is -0.396 e. The molecule has 1 saturated carbocycles. The summed E-state index contributed by atoms with van der Waals surface area (Å²) in [6.07, 6.45) is 7.04. The zero-order valence-corrected chi connectivity index (χ0v) is 14.1. The summed E-state index contributed by atoms with van der Waals surface area (Å²) < 4.78 is 13.3. The minimum atomic E-state index is -0.154. The largest absolute Gasteiger partial charge is 0.396 e. The molecule has 1 saturated heterocycles. The number of nitrogens with zero attached hydrogens (tertiary/aromatic N) is 1. The number of hydrogen-bond donors (Lipinski definition) is 2. The number of benzene rings is 1. The average Bonchev–Trinajstić information content (AvgIpc) is 2.56. The number of aliphatic hydroxyl groups excluding tert-OH is 1. The van der Waals surface area contributed by atoms with Crippen molar-refractivity contribution >= 4 is 5.69 Å². The Balaban J connectivity index is 1.50. The summed E-state index contributed by atoms with van der Waals surface area (Å²) >= 11 is 0. The fraction of sp³-hybridized carbons (Fsp3) is 0.684. The van der Waals surface area contributed by atoms with E-state index in [0.717, 1.165) is 37.9 Å². The number of aryl methyl sites for hydroxylation is 1. The first-order chi connectivity index (χ1) is 11.2.